The minimum Gasteiger partial charge on any atom is -0.358 e. The van der Waals surface area contributed by atoms with E-state index in [-0.39, 0.29) is 18.8 Å². The Morgan fingerprint density at radius 1 is 1.56 bits per heavy atom. The van der Waals surface area contributed by atoms with Gasteiger partial charge >= 0.3 is 10.5 Å². The summed E-state index contributed by atoms with van der Waals surface area (Å²) >= 11 is 0. The average Bonchev–Trinajstić information content (AvgIpc) is 2.28. The smallest absolute Gasteiger partial charge is 0.358 e. The Kier molecular flexibility index (Phi) is 4.49. The summed E-state index contributed by atoms with van der Waals surface area (Å²) < 4.78 is 37.7. The monoisotopic (exact) mass is 274 g/mol. The maximum atomic E-state index is 12.5. The number of hydrogen-bond donors (Lipinski definition) is 1. The van der Waals surface area contributed by atoms with Crippen LogP contribution in [0.15, 0.2) is 17.2 Å². The molecule has 0 heterocycles. The number of rotatable bonds is 5. The van der Waals surface area contributed by atoms with Crippen molar-refractivity contribution in [2.45, 2.75) is 20.0 Å². The molecule has 1 rings (SSSR count). The predicted octanol–water partition coefficient (Wildman–Crippen LogP) is 1.86. The zero-order valence-corrected chi connectivity index (χ0v) is 10.3. The molecule has 7 nitrogen and oxygen atoms in total. The van der Waals surface area contributed by atoms with Crippen LogP contribution in [0.1, 0.15) is 16.7 Å². The molecule has 0 saturated carbocycles. The summed E-state index contributed by atoms with van der Waals surface area (Å²) in [7, 11) is -5.11. The van der Waals surface area contributed by atoms with Gasteiger partial charge in [0, 0.05) is 11.5 Å². The zero-order valence-electron chi connectivity index (χ0n) is 9.50. The summed E-state index contributed by atoms with van der Waals surface area (Å²) in [6.45, 7) is 1.65. The predicted molar refractivity (Wildman–Crippen MR) is 62.6 cm³/mol. The lowest BCUT2D eigenvalue weighted by atomic mass is 10.0. The Labute approximate surface area is 103 Å². The van der Waals surface area contributed by atoms with Crippen LogP contribution in [0.2, 0.25) is 0 Å². The van der Waals surface area contributed by atoms with Crippen LogP contribution in [-0.4, -0.2) is 8.42 Å². The lowest BCUT2D eigenvalue weighted by Crippen LogP contribution is -2.06. The molecule has 0 unspecified atom stereocenters. The highest BCUT2D eigenvalue weighted by Gasteiger charge is 2.15. The van der Waals surface area contributed by atoms with Gasteiger partial charge in [0.15, 0.2) is 0 Å². The second-order valence-corrected chi connectivity index (χ2v) is 4.40. The minimum absolute atomic E-state index is 0.00112. The number of nitrogens with zero attached hydrogens (tertiary/aromatic N) is 3. The molecule has 0 aliphatic heterocycles. The van der Waals surface area contributed by atoms with Gasteiger partial charge in [-0.2, -0.15) is 8.42 Å². The van der Waals surface area contributed by atoms with Gasteiger partial charge < -0.3 is 9.92 Å². The van der Waals surface area contributed by atoms with Crippen molar-refractivity contribution in [3.8, 4) is 5.75 Å². The highest BCUT2D eigenvalue weighted by Crippen LogP contribution is 2.26. The third kappa shape index (κ3) is 3.88. The molecular formula is C9H11FN4O3S. The summed E-state index contributed by atoms with van der Waals surface area (Å²) in [6.07, 6.45) is 0. The van der Waals surface area contributed by atoms with Crippen molar-refractivity contribution in [2.75, 3.05) is 0 Å². The van der Waals surface area contributed by atoms with Gasteiger partial charge in [0.05, 0.1) is 6.54 Å². The molecule has 18 heavy (non-hydrogen) atoms. The Morgan fingerprint density at radius 2 is 2.22 bits per heavy atom. The Bertz CT molecular complexity index is 596. The highest BCUT2D eigenvalue weighted by molar-refractivity contribution is 7.81. The van der Waals surface area contributed by atoms with E-state index in [0.717, 1.165) is 0 Å². The third-order valence-electron chi connectivity index (χ3n) is 2.26. The van der Waals surface area contributed by atoms with Crippen molar-refractivity contribution in [3.63, 3.8) is 0 Å². The third-order valence-corrected chi connectivity index (χ3v) is 2.64. The SMILES string of the molecule is Cc1c(CN=[N+]=[N-])cc(CN)cc1OS(=O)(=O)F. The fourth-order valence-electron chi connectivity index (χ4n) is 1.39. The summed E-state index contributed by atoms with van der Waals surface area (Å²) in [4.78, 5) is 2.59. The zero-order chi connectivity index (χ0) is 13.8. The Morgan fingerprint density at radius 3 is 2.72 bits per heavy atom. The molecule has 2 N–H and O–H groups in total. The van der Waals surface area contributed by atoms with Crippen LogP contribution in [-0.2, 0) is 23.6 Å². The van der Waals surface area contributed by atoms with E-state index in [2.05, 4.69) is 14.2 Å². The Balaban J connectivity index is 3.28. The number of benzene rings is 1. The number of halogens is 1. The van der Waals surface area contributed by atoms with Crippen molar-refractivity contribution in [3.05, 3.63) is 39.3 Å². The van der Waals surface area contributed by atoms with E-state index >= 15 is 0 Å². The first-order valence-corrected chi connectivity index (χ1v) is 6.15. The molecule has 1 aromatic rings. The van der Waals surface area contributed by atoms with Gasteiger partial charge in [0.1, 0.15) is 5.75 Å². The van der Waals surface area contributed by atoms with E-state index in [1.807, 2.05) is 0 Å². The molecule has 0 bridgehead atoms. The molecule has 0 aliphatic rings. The minimum atomic E-state index is -5.11. The van der Waals surface area contributed by atoms with E-state index in [4.69, 9.17) is 11.3 Å². The average molecular weight is 274 g/mol. The number of hydrogen-bond acceptors (Lipinski definition) is 5. The molecule has 0 spiro atoms. The molecular weight excluding hydrogens is 263 g/mol. The highest BCUT2D eigenvalue weighted by atomic mass is 32.3. The van der Waals surface area contributed by atoms with Crippen molar-refractivity contribution in [2.24, 2.45) is 10.8 Å². The summed E-state index contributed by atoms with van der Waals surface area (Å²) in [5.41, 5.74) is 15.1. The van der Waals surface area contributed by atoms with Crippen molar-refractivity contribution >= 4 is 10.5 Å². The summed E-state index contributed by atoms with van der Waals surface area (Å²) in [6, 6.07) is 2.97. The standard InChI is InChI=1S/C9H11FN4O3S/c1-6-8(5-13-14-12)2-7(4-11)3-9(6)17-18(10,15)16/h2-3H,4-5,11H2,1H3. The quantitative estimate of drug-likeness (QED) is 0.381. The van der Waals surface area contributed by atoms with Crippen LogP contribution in [0.3, 0.4) is 0 Å². The van der Waals surface area contributed by atoms with E-state index in [1.54, 1.807) is 6.07 Å². The molecule has 0 atom stereocenters. The van der Waals surface area contributed by atoms with Gasteiger partial charge in [-0.15, -0.1) is 0 Å². The molecule has 98 valence electrons. The number of nitrogens with two attached hydrogens (primary N) is 1. The van der Waals surface area contributed by atoms with E-state index < -0.39 is 10.5 Å². The lowest BCUT2D eigenvalue weighted by molar-refractivity contribution is 0.438. The second-order valence-electron chi connectivity index (χ2n) is 3.45. The second kappa shape index (κ2) is 5.67. The molecule has 1 aromatic carbocycles. The molecule has 0 aliphatic carbocycles. The van der Waals surface area contributed by atoms with Crippen LogP contribution >= 0.6 is 0 Å². The first kappa shape index (κ1) is 14.2. The van der Waals surface area contributed by atoms with Gasteiger partial charge in [-0.1, -0.05) is 15.1 Å². The normalized spacial score (nSPS) is 10.8. The van der Waals surface area contributed by atoms with Crippen LogP contribution in [0.5, 0.6) is 5.75 Å². The molecule has 0 fully saturated rings. The van der Waals surface area contributed by atoms with E-state index in [9.17, 15) is 12.3 Å². The Hall–Kier alpha value is -1.83. The topological polar surface area (TPSA) is 118 Å². The van der Waals surface area contributed by atoms with Gasteiger partial charge in [-0.25, -0.2) is 0 Å². The first-order valence-electron chi connectivity index (χ1n) is 4.84. The van der Waals surface area contributed by atoms with Gasteiger partial charge in [0.25, 0.3) is 0 Å². The van der Waals surface area contributed by atoms with Crippen molar-refractivity contribution in [1.29, 1.82) is 0 Å². The molecule has 0 amide bonds. The van der Waals surface area contributed by atoms with Gasteiger partial charge in [0.2, 0.25) is 0 Å². The maximum absolute atomic E-state index is 12.5. The lowest BCUT2D eigenvalue weighted by Gasteiger charge is -2.11. The van der Waals surface area contributed by atoms with Crippen molar-refractivity contribution in [1.82, 2.24) is 0 Å². The molecule has 0 aromatic heterocycles. The van der Waals surface area contributed by atoms with Gasteiger partial charge in [-0.05, 0) is 35.2 Å². The summed E-state index contributed by atoms with van der Waals surface area (Å²) in [5.74, 6) is -0.163. The van der Waals surface area contributed by atoms with Crippen LogP contribution in [0.4, 0.5) is 3.89 Å². The largest absolute Gasteiger partial charge is 0.488 e. The summed E-state index contributed by atoms with van der Waals surface area (Å²) in [5, 5.41) is 3.36. The fourth-order valence-corrected chi connectivity index (χ4v) is 1.78. The molecule has 0 radical (unpaired) electrons. The molecule has 9 heteroatoms. The van der Waals surface area contributed by atoms with Crippen molar-refractivity contribution < 1.29 is 16.5 Å². The van der Waals surface area contributed by atoms with Crippen LogP contribution in [0, 0.1) is 6.92 Å². The van der Waals surface area contributed by atoms with E-state index in [0.29, 0.717) is 16.7 Å². The van der Waals surface area contributed by atoms with Crippen LogP contribution < -0.4 is 9.92 Å². The van der Waals surface area contributed by atoms with E-state index in [1.165, 1.54) is 13.0 Å². The number of azide groups is 1. The van der Waals surface area contributed by atoms with Crippen LogP contribution in [0.25, 0.3) is 10.4 Å². The van der Waals surface area contributed by atoms with Gasteiger partial charge in [-0.3, -0.25) is 0 Å². The fraction of sp³-hybridized carbons (Fsp3) is 0.333. The molecule has 0 saturated heterocycles. The first-order chi connectivity index (χ1) is 8.37. The maximum Gasteiger partial charge on any atom is 0.488 e.